The SMILES string of the molecule is CN(CCNC(=O)CNc1ccccc1)C1CCCC1. The van der Waals surface area contributed by atoms with Crippen molar-refractivity contribution in [1.82, 2.24) is 10.2 Å². The van der Waals surface area contributed by atoms with Crippen LogP contribution < -0.4 is 10.6 Å². The van der Waals surface area contributed by atoms with Gasteiger partial charge in [0.2, 0.25) is 5.91 Å². The number of hydrogen-bond acceptors (Lipinski definition) is 3. The van der Waals surface area contributed by atoms with Crippen molar-refractivity contribution in [3.05, 3.63) is 30.3 Å². The van der Waals surface area contributed by atoms with Gasteiger partial charge in [-0.25, -0.2) is 0 Å². The van der Waals surface area contributed by atoms with Gasteiger partial charge in [-0.05, 0) is 32.0 Å². The van der Waals surface area contributed by atoms with Crippen molar-refractivity contribution < 1.29 is 4.79 Å². The highest BCUT2D eigenvalue weighted by Crippen LogP contribution is 2.21. The third-order valence-corrected chi connectivity index (χ3v) is 3.96. The first-order chi connectivity index (χ1) is 9.75. The second-order valence-electron chi connectivity index (χ2n) is 5.49. The third-order valence-electron chi connectivity index (χ3n) is 3.96. The molecule has 1 amide bonds. The predicted octanol–water partition coefficient (Wildman–Crippen LogP) is 2.09. The van der Waals surface area contributed by atoms with Crippen molar-refractivity contribution in [2.45, 2.75) is 31.7 Å². The van der Waals surface area contributed by atoms with Crippen LogP contribution in [-0.4, -0.2) is 43.5 Å². The predicted molar refractivity (Wildman–Crippen MR) is 82.8 cm³/mol. The van der Waals surface area contributed by atoms with Gasteiger partial charge in [-0.2, -0.15) is 0 Å². The molecule has 4 nitrogen and oxygen atoms in total. The molecule has 1 fully saturated rings. The Kier molecular flexibility index (Phi) is 5.87. The Balaban J connectivity index is 1.58. The fourth-order valence-electron chi connectivity index (χ4n) is 2.70. The third kappa shape index (κ3) is 4.85. The smallest absolute Gasteiger partial charge is 0.239 e. The number of hydrogen-bond donors (Lipinski definition) is 2. The summed E-state index contributed by atoms with van der Waals surface area (Å²) in [5, 5.41) is 6.08. The average Bonchev–Trinajstić information content (AvgIpc) is 3.00. The Morgan fingerprint density at radius 3 is 2.65 bits per heavy atom. The van der Waals surface area contributed by atoms with E-state index in [4.69, 9.17) is 0 Å². The molecular weight excluding hydrogens is 250 g/mol. The molecule has 1 aliphatic carbocycles. The molecule has 0 aromatic heterocycles. The van der Waals surface area contributed by atoms with Crippen LogP contribution >= 0.6 is 0 Å². The van der Waals surface area contributed by atoms with Gasteiger partial charge in [0.15, 0.2) is 0 Å². The molecule has 0 radical (unpaired) electrons. The largest absolute Gasteiger partial charge is 0.376 e. The fourth-order valence-corrected chi connectivity index (χ4v) is 2.70. The van der Waals surface area contributed by atoms with E-state index in [-0.39, 0.29) is 5.91 Å². The van der Waals surface area contributed by atoms with Crippen LogP contribution in [-0.2, 0) is 4.79 Å². The number of rotatable bonds is 7. The molecule has 0 bridgehead atoms. The first-order valence-corrected chi connectivity index (χ1v) is 7.51. The summed E-state index contributed by atoms with van der Waals surface area (Å²) < 4.78 is 0. The second-order valence-corrected chi connectivity index (χ2v) is 5.49. The standard InChI is InChI=1S/C16H25N3O/c1-19(15-9-5-6-10-15)12-11-17-16(20)13-18-14-7-3-2-4-8-14/h2-4,7-8,15,18H,5-6,9-13H2,1H3,(H,17,20). The van der Waals surface area contributed by atoms with E-state index in [0.717, 1.165) is 18.8 Å². The van der Waals surface area contributed by atoms with Crippen molar-refractivity contribution >= 4 is 11.6 Å². The molecule has 20 heavy (non-hydrogen) atoms. The van der Waals surface area contributed by atoms with Crippen LogP contribution in [0.2, 0.25) is 0 Å². The van der Waals surface area contributed by atoms with Gasteiger partial charge in [-0.3, -0.25) is 4.79 Å². The van der Waals surface area contributed by atoms with Crippen molar-refractivity contribution in [1.29, 1.82) is 0 Å². The topological polar surface area (TPSA) is 44.4 Å². The molecule has 1 aliphatic rings. The van der Waals surface area contributed by atoms with Gasteiger partial charge in [0, 0.05) is 24.8 Å². The zero-order valence-electron chi connectivity index (χ0n) is 12.3. The highest BCUT2D eigenvalue weighted by atomic mass is 16.1. The van der Waals surface area contributed by atoms with Gasteiger partial charge in [0.25, 0.3) is 0 Å². The van der Waals surface area contributed by atoms with Crippen LogP contribution in [0.15, 0.2) is 30.3 Å². The highest BCUT2D eigenvalue weighted by molar-refractivity contribution is 5.80. The van der Waals surface area contributed by atoms with Crippen molar-refractivity contribution in [3.8, 4) is 0 Å². The zero-order valence-corrected chi connectivity index (χ0v) is 12.3. The summed E-state index contributed by atoms with van der Waals surface area (Å²) in [7, 11) is 2.16. The molecule has 1 aromatic carbocycles. The Bertz CT molecular complexity index is 401. The minimum Gasteiger partial charge on any atom is -0.376 e. The lowest BCUT2D eigenvalue weighted by Gasteiger charge is -2.23. The summed E-state index contributed by atoms with van der Waals surface area (Å²) in [6.07, 6.45) is 5.31. The van der Waals surface area contributed by atoms with Gasteiger partial charge in [0.05, 0.1) is 6.54 Å². The van der Waals surface area contributed by atoms with E-state index in [0.29, 0.717) is 12.6 Å². The van der Waals surface area contributed by atoms with Crippen LogP contribution in [0.25, 0.3) is 0 Å². The maximum Gasteiger partial charge on any atom is 0.239 e. The number of anilines is 1. The van der Waals surface area contributed by atoms with E-state index >= 15 is 0 Å². The van der Waals surface area contributed by atoms with Crippen LogP contribution in [0.3, 0.4) is 0 Å². The first-order valence-electron chi connectivity index (χ1n) is 7.51. The van der Waals surface area contributed by atoms with Gasteiger partial charge >= 0.3 is 0 Å². The van der Waals surface area contributed by atoms with Crippen LogP contribution in [0, 0.1) is 0 Å². The van der Waals surface area contributed by atoms with E-state index in [9.17, 15) is 4.79 Å². The Hall–Kier alpha value is -1.55. The molecular formula is C16H25N3O. The Labute approximate surface area is 121 Å². The maximum absolute atomic E-state index is 11.7. The fraction of sp³-hybridized carbons (Fsp3) is 0.562. The molecule has 0 saturated heterocycles. The summed E-state index contributed by atoms with van der Waals surface area (Å²) in [6.45, 7) is 1.99. The lowest BCUT2D eigenvalue weighted by molar-refractivity contribution is -0.119. The molecule has 0 heterocycles. The van der Waals surface area contributed by atoms with E-state index < -0.39 is 0 Å². The van der Waals surface area contributed by atoms with Gasteiger partial charge < -0.3 is 15.5 Å². The zero-order chi connectivity index (χ0) is 14.2. The van der Waals surface area contributed by atoms with Gasteiger partial charge in [-0.1, -0.05) is 31.0 Å². The van der Waals surface area contributed by atoms with E-state index in [1.807, 2.05) is 30.3 Å². The number of benzene rings is 1. The van der Waals surface area contributed by atoms with Gasteiger partial charge in [-0.15, -0.1) is 0 Å². The number of nitrogens with zero attached hydrogens (tertiary/aromatic N) is 1. The summed E-state index contributed by atoms with van der Waals surface area (Å²) in [6, 6.07) is 10.5. The second kappa shape index (κ2) is 7.90. The maximum atomic E-state index is 11.7. The van der Waals surface area contributed by atoms with E-state index in [1.54, 1.807) is 0 Å². The lowest BCUT2D eigenvalue weighted by Crippen LogP contribution is -2.39. The van der Waals surface area contributed by atoms with Crippen LogP contribution in [0.5, 0.6) is 0 Å². The monoisotopic (exact) mass is 275 g/mol. The molecule has 110 valence electrons. The first kappa shape index (κ1) is 14.9. The molecule has 0 aliphatic heterocycles. The molecule has 2 rings (SSSR count). The van der Waals surface area contributed by atoms with Crippen LogP contribution in [0.4, 0.5) is 5.69 Å². The molecule has 0 unspecified atom stereocenters. The van der Waals surface area contributed by atoms with Crippen molar-refractivity contribution in [3.63, 3.8) is 0 Å². The summed E-state index contributed by atoms with van der Waals surface area (Å²) in [4.78, 5) is 14.1. The Morgan fingerprint density at radius 2 is 1.95 bits per heavy atom. The molecule has 1 aromatic rings. The number of carbonyl (C=O) groups is 1. The molecule has 0 spiro atoms. The minimum absolute atomic E-state index is 0.0497. The van der Waals surface area contributed by atoms with E-state index in [2.05, 4.69) is 22.6 Å². The normalized spacial score (nSPS) is 15.5. The Morgan fingerprint density at radius 1 is 1.25 bits per heavy atom. The number of likely N-dealkylation sites (N-methyl/N-ethyl adjacent to an activating group) is 1. The number of para-hydroxylation sites is 1. The molecule has 2 N–H and O–H groups in total. The van der Waals surface area contributed by atoms with Crippen molar-refractivity contribution in [2.24, 2.45) is 0 Å². The summed E-state index contributed by atoms with van der Waals surface area (Å²) in [5.41, 5.74) is 0.978. The number of carbonyl (C=O) groups excluding carboxylic acids is 1. The molecule has 0 atom stereocenters. The number of amides is 1. The quantitative estimate of drug-likeness (QED) is 0.801. The van der Waals surface area contributed by atoms with Gasteiger partial charge in [0.1, 0.15) is 0 Å². The summed E-state index contributed by atoms with van der Waals surface area (Å²) in [5.74, 6) is 0.0497. The molecule has 4 heteroatoms. The van der Waals surface area contributed by atoms with Crippen LogP contribution in [0.1, 0.15) is 25.7 Å². The number of nitrogens with one attached hydrogen (secondary N) is 2. The highest BCUT2D eigenvalue weighted by Gasteiger charge is 2.18. The van der Waals surface area contributed by atoms with Crippen molar-refractivity contribution in [2.75, 3.05) is 32.0 Å². The molecule has 1 saturated carbocycles. The average molecular weight is 275 g/mol. The lowest BCUT2D eigenvalue weighted by atomic mass is 10.2. The summed E-state index contributed by atoms with van der Waals surface area (Å²) >= 11 is 0. The minimum atomic E-state index is 0.0497. The van der Waals surface area contributed by atoms with E-state index in [1.165, 1.54) is 25.7 Å².